The van der Waals surface area contributed by atoms with E-state index >= 15 is 0 Å². The van der Waals surface area contributed by atoms with Crippen LogP contribution >= 0.6 is 24.0 Å². The Morgan fingerprint density at radius 3 is 2.80 bits per heavy atom. The highest BCUT2D eigenvalue weighted by Gasteiger charge is 2.14. The van der Waals surface area contributed by atoms with Crippen molar-refractivity contribution in [3.63, 3.8) is 0 Å². The molecule has 1 aromatic rings. The van der Waals surface area contributed by atoms with Gasteiger partial charge in [-0.15, -0.1) is 34.2 Å². The molecule has 7 nitrogen and oxygen atoms in total. The van der Waals surface area contributed by atoms with Gasteiger partial charge in [-0.05, 0) is 25.2 Å². The van der Waals surface area contributed by atoms with Crippen LogP contribution in [-0.2, 0) is 24.2 Å². The van der Waals surface area contributed by atoms with Crippen LogP contribution in [0.4, 0.5) is 0 Å². The fraction of sp³-hybridized carbons (Fsp3) is 0.824. The van der Waals surface area contributed by atoms with E-state index in [0.29, 0.717) is 19.1 Å². The van der Waals surface area contributed by atoms with Crippen molar-refractivity contribution >= 4 is 29.9 Å². The largest absolute Gasteiger partial charge is 0.380 e. The molecule has 0 fully saturated rings. The number of hydrogen-bond acceptors (Lipinski definition) is 4. The van der Waals surface area contributed by atoms with Gasteiger partial charge >= 0.3 is 0 Å². The average Bonchev–Trinajstić information content (AvgIpc) is 2.80. The van der Waals surface area contributed by atoms with E-state index in [4.69, 9.17) is 4.74 Å². The standard InChI is InChI=1S/C17H32N6O.HI/c1-14(2)8-11-24-12-9-19-17(18-3)20-13-16-22-21-15-7-5-4-6-10-23(15)16;/h14H,4-13H2,1-3H3,(H2,18,19,20);1H. The zero-order chi connectivity index (χ0) is 17.2. The Hall–Kier alpha value is -0.900. The normalized spacial score (nSPS) is 14.6. The quantitative estimate of drug-likeness (QED) is 0.267. The van der Waals surface area contributed by atoms with Gasteiger partial charge in [0.1, 0.15) is 5.82 Å². The van der Waals surface area contributed by atoms with E-state index in [1.165, 1.54) is 19.3 Å². The van der Waals surface area contributed by atoms with Crippen LogP contribution in [0.2, 0.25) is 0 Å². The Morgan fingerprint density at radius 1 is 1.20 bits per heavy atom. The summed E-state index contributed by atoms with van der Waals surface area (Å²) in [4.78, 5) is 4.25. The minimum atomic E-state index is 0. The first-order valence-corrected chi connectivity index (χ1v) is 9.14. The smallest absolute Gasteiger partial charge is 0.191 e. The number of aryl methyl sites for hydroxylation is 1. The van der Waals surface area contributed by atoms with E-state index in [-0.39, 0.29) is 24.0 Å². The molecule has 0 aliphatic carbocycles. The molecule has 8 heteroatoms. The number of nitrogens with zero attached hydrogens (tertiary/aromatic N) is 4. The van der Waals surface area contributed by atoms with E-state index in [1.807, 2.05) is 0 Å². The third-order valence-corrected chi connectivity index (χ3v) is 4.20. The molecule has 0 amide bonds. The molecular formula is C17H33IN6O. The monoisotopic (exact) mass is 464 g/mol. The Balaban J connectivity index is 0.00000312. The van der Waals surface area contributed by atoms with Gasteiger partial charge in [0.25, 0.3) is 0 Å². The number of nitrogens with one attached hydrogen (secondary N) is 2. The Bertz CT molecular complexity index is 517. The maximum atomic E-state index is 5.61. The minimum absolute atomic E-state index is 0. The van der Waals surface area contributed by atoms with E-state index in [0.717, 1.165) is 50.1 Å². The average molecular weight is 464 g/mol. The molecule has 0 bridgehead atoms. The van der Waals surface area contributed by atoms with Crippen molar-refractivity contribution in [3.8, 4) is 0 Å². The van der Waals surface area contributed by atoms with Crippen molar-refractivity contribution in [1.29, 1.82) is 0 Å². The van der Waals surface area contributed by atoms with Crippen molar-refractivity contribution in [2.45, 2.75) is 59.0 Å². The number of guanidine groups is 1. The number of aromatic nitrogens is 3. The van der Waals surface area contributed by atoms with Crippen LogP contribution in [0.25, 0.3) is 0 Å². The predicted octanol–water partition coefficient (Wildman–Crippen LogP) is 2.35. The third-order valence-electron chi connectivity index (χ3n) is 4.20. The van der Waals surface area contributed by atoms with Crippen LogP contribution in [0, 0.1) is 5.92 Å². The topological polar surface area (TPSA) is 76.4 Å². The summed E-state index contributed by atoms with van der Waals surface area (Å²) in [5.41, 5.74) is 0. The van der Waals surface area contributed by atoms with Crippen LogP contribution in [-0.4, -0.2) is 47.5 Å². The Labute approximate surface area is 168 Å². The maximum absolute atomic E-state index is 5.61. The first kappa shape index (κ1) is 22.1. The summed E-state index contributed by atoms with van der Waals surface area (Å²) in [6, 6.07) is 0. The highest BCUT2D eigenvalue weighted by molar-refractivity contribution is 14.0. The summed E-state index contributed by atoms with van der Waals surface area (Å²) in [6.07, 6.45) is 5.83. The molecule has 1 aromatic heterocycles. The number of ether oxygens (including phenoxy) is 1. The van der Waals surface area contributed by atoms with E-state index in [1.54, 1.807) is 7.05 Å². The molecule has 0 aromatic carbocycles. The SMILES string of the molecule is CN=C(NCCOCCC(C)C)NCc1nnc2n1CCCCC2.I. The highest BCUT2D eigenvalue weighted by atomic mass is 127. The zero-order valence-corrected chi connectivity index (χ0v) is 18.1. The van der Waals surface area contributed by atoms with Gasteiger partial charge in [0.2, 0.25) is 0 Å². The predicted molar refractivity (Wildman–Crippen MR) is 111 cm³/mol. The van der Waals surface area contributed by atoms with Crippen LogP contribution in [0.5, 0.6) is 0 Å². The van der Waals surface area contributed by atoms with Gasteiger partial charge in [-0.1, -0.05) is 20.3 Å². The number of aliphatic imine (C=N–C) groups is 1. The summed E-state index contributed by atoms with van der Waals surface area (Å²) < 4.78 is 7.86. The molecule has 1 aliphatic rings. The van der Waals surface area contributed by atoms with Crippen molar-refractivity contribution < 1.29 is 4.74 Å². The van der Waals surface area contributed by atoms with Crippen molar-refractivity contribution in [1.82, 2.24) is 25.4 Å². The Morgan fingerprint density at radius 2 is 2.04 bits per heavy atom. The lowest BCUT2D eigenvalue weighted by Gasteiger charge is -2.13. The number of rotatable bonds is 8. The van der Waals surface area contributed by atoms with Crippen LogP contribution in [0.15, 0.2) is 4.99 Å². The van der Waals surface area contributed by atoms with Gasteiger partial charge in [-0.25, -0.2) is 0 Å². The number of fused-ring (bicyclic) bond motifs is 1. The minimum Gasteiger partial charge on any atom is -0.380 e. The Kier molecular flexibility index (Phi) is 11.0. The second-order valence-corrected chi connectivity index (χ2v) is 6.64. The van der Waals surface area contributed by atoms with E-state index < -0.39 is 0 Å². The molecule has 0 saturated carbocycles. The number of halogens is 1. The molecule has 0 saturated heterocycles. The first-order valence-electron chi connectivity index (χ1n) is 9.14. The summed E-state index contributed by atoms with van der Waals surface area (Å²) in [5.74, 6) is 3.56. The van der Waals surface area contributed by atoms with Gasteiger partial charge in [0.05, 0.1) is 13.2 Å². The number of hydrogen-bond donors (Lipinski definition) is 2. The maximum Gasteiger partial charge on any atom is 0.191 e. The lowest BCUT2D eigenvalue weighted by Crippen LogP contribution is -2.39. The second kappa shape index (κ2) is 12.5. The van der Waals surface area contributed by atoms with Gasteiger partial charge in [-0.3, -0.25) is 4.99 Å². The molecule has 2 heterocycles. The fourth-order valence-electron chi connectivity index (χ4n) is 2.72. The summed E-state index contributed by atoms with van der Waals surface area (Å²) in [6.45, 7) is 8.33. The molecular weight excluding hydrogens is 431 g/mol. The molecule has 2 rings (SSSR count). The molecule has 0 unspecified atom stereocenters. The lowest BCUT2D eigenvalue weighted by atomic mass is 10.1. The van der Waals surface area contributed by atoms with Crippen molar-refractivity contribution in [2.24, 2.45) is 10.9 Å². The highest BCUT2D eigenvalue weighted by Crippen LogP contribution is 2.14. The van der Waals surface area contributed by atoms with Crippen molar-refractivity contribution in [2.75, 3.05) is 26.8 Å². The van der Waals surface area contributed by atoms with E-state index in [2.05, 4.69) is 44.2 Å². The summed E-state index contributed by atoms with van der Waals surface area (Å²) in [5, 5.41) is 15.2. The van der Waals surface area contributed by atoms with Gasteiger partial charge < -0.3 is 19.9 Å². The van der Waals surface area contributed by atoms with Crippen LogP contribution in [0.1, 0.15) is 51.2 Å². The van der Waals surface area contributed by atoms with Gasteiger partial charge in [0.15, 0.2) is 11.8 Å². The molecule has 2 N–H and O–H groups in total. The first-order chi connectivity index (χ1) is 11.7. The molecule has 144 valence electrons. The van der Waals surface area contributed by atoms with E-state index in [9.17, 15) is 0 Å². The second-order valence-electron chi connectivity index (χ2n) is 6.64. The third kappa shape index (κ3) is 7.89. The molecule has 0 atom stereocenters. The van der Waals surface area contributed by atoms with Crippen LogP contribution in [0.3, 0.4) is 0 Å². The summed E-state index contributed by atoms with van der Waals surface area (Å²) >= 11 is 0. The van der Waals surface area contributed by atoms with Gasteiger partial charge in [0, 0.05) is 33.2 Å². The summed E-state index contributed by atoms with van der Waals surface area (Å²) in [7, 11) is 1.78. The molecule has 25 heavy (non-hydrogen) atoms. The van der Waals surface area contributed by atoms with Crippen molar-refractivity contribution in [3.05, 3.63) is 11.6 Å². The van der Waals surface area contributed by atoms with Crippen LogP contribution < -0.4 is 10.6 Å². The fourth-order valence-corrected chi connectivity index (χ4v) is 2.72. The molecule has 1 aliphatic heterocycles. The molecule has 0 spiro atoms. The lowest BCUT2D eigenvalue weighted by molar-refractivity contribution is 0.128. The zero-order valence-electron chi connectivity index (χ0n) is 15.8. The van der Waals surface area contributed by atoms with Gasteiger partial charge in [-0.2, -0.15) is 0 Å². The molecule has 0 radical (unpaired) electrons.